The molecule has 0 heterocycles. The standard InChI is InChI=1S/Mn.2HO3P.H2O/c;2*1-4(2)3;/h;2*(H,1,2,3);1H2/q+2;;;. The third-order valence-electron chi connectivity index (χ3n) is 0. The normalized spacial score (nSPS) is 8.80. The Morgan fingerprint density at radius 2 is 1.00 bits per heavy atom. The molecule has 2 unspecified atom stereocenters. The van der Waals surface area contributed by atoms with E-state index in [0.717, 1.165) is 0 Å². The van der Waals surface area contributed by atoms with Gasteiger partial charge in [-0.3, -0.25) is 0 Å². The molecule has 0 saturated heterocycles. The first-order valence-corrected chi connectivity index (χ1v) is 3.39. The Bertz CT molecular complexity index is 69.6. The van der Waals surface area contributed by atoms with E-state index in [1.165, 1.54) is 0 Å². The molecule has 0 rings (SSSR count). The predicted molar refractivity (Wildman–Crippen MR) is 23.3 cm³/mol. The van der Waals surface area contributed by atoms with E-state index in [4.69, 9.17) is 28.7 Å². The quantitative estimate of drug-likeness (QED) is 0.339. The van der Waals surface area contributed by atoms with Crippen molar-refractivity contribution in [2.24, 2.45) is 0 Å². The van der Waals surface area contributed by atoms with Gasteiger partial charge in [0.05, 0.1) is 0 Å². The summed E-state index contributed by atoms with van der Waals surface area (Å²) < 4.78 is 17.2. The van der Waals surface area contributed by atoms with E-state index in [1.54, 1.807) is 0 Å². The molecule has 0 bridgehead atoms. The Morgan fingerprint density at radius 3 is 1.00 bits per heavy atom. The van der Waals surface area contributed by atoms with Gasteiger partial charge in [0.1, 0.15) is 0 Å². The molecule has 1 radical (unpaired) electrons. The smallest absolute Gasteiger partial charge is 0.567 e. The van der Waals surface area contributed by atoms with E-state index < -0.39 is 16.5 Å². The van der Waals surface area contributed by atoms with Crippen molar-refractivity contribution in [2.45, 2.75) is 0 Å². The van der Waals surface area contributed by atoms with Crippen LogP contribution < -0.4 is 9.79 Å². The summed E-state index contributed by atoms with van der Waals surface area (Å²) in [5.41, 5.74) is 0. The molecule has 0 spiro atoms. The third-order valence-corrected chi connectivity index (χ3v) is 0. The monoisotopic (exact) mass is 233 g/mol. The molecular formula is H4MnO7P2+2. The molecule has 4 N–H and O–H groups in total. The van der Waals surface area contributed by atoms with Crippen LogP contribution in [0.15, 0.2) is 0 Å². The van der Waals surface area contributed by atoms with Crippen LogP contribution in [0.5, 0.6) is 0 Å². The summed E-state index contributed by atoms with van der Waals surface area (Å²) in [5.74, 6) is 0. The molecule has 0 amide bonds. The van der Waals surface area contributed by atoms with E-state index >= 15 is 0 Å². The fraction of sp³-hybridized carbons (Fsp3) is 0. The van der Waals surface area contributed by atoms with Crippen molar-refractivity contribution in [2.75, 3.05) is 0 Å². The van der Waals surface area contributed by atoms with Crippen molar-refractivity contribution in [3.05, 3.63) is 0 Å². The first-order valence-electron chi connectivity index (χ1n) is 1.13. The van der Waals surface area contributed by atoms with Crippen LogP contribution in [0.4, 0.5) is 0 Å². The molecule has 0 aromatic carbocycles. The second kappa shape index (κ2) is 16.3. The van der Waals surface area contributed by atoms with Gasteiger partial charge in [-0.25, -0.2) is 0 Å². The first-order chi connectivity index (χ1) is 3.46. The van der Waals surface area contributed by atoms with Crippen molar-refractivity contribution in [3.8, 4) is 0 Å². The zero-order chi connectivity index (χ0) is 7.15. The molecule has 0 aliphatic rings. The van der Waals surface area contributed by atoms with Crippen molar-refractivity contribution in [1.82, 2.24) is 0 Å². The molecule has 0 aromatic rings. The van der Waals surface area contributed by atoms with Gasteiger partial charge in [-0.2, -0.15) is 9.79 Å². The molecule has 2 atom stereocenters. The average molecular weight is 233 g/mol. The maximum absolute atomic E-state index is 8.59. The second-order valence-corrected chi connectivity index (χ2v) is 1.43. The molecule has 0 fully saturated rings. The van der Waals surface area contributed by atoms with Gasteiger partial charge in [0, 0.05) is 0 Å². The van der Waals surface area contributed by atoms with Crippen molar-refractivity contribution in [1.29, 1.82) is 0 Å². The van der Waals surface area contributed by atoms with Crippen molar-refractivity contribution < 1.29 is 51.2 Å². The maximum Gasteiger partial charge on any atom is 2.00 e. The Labute approximate surface area is 68.4 Å². The van der Waals surface area contributed by atoms with Gasteiger partial charge in [0.2, 0.25) is 0 Å². The minimum absolute atomic E-state index is 0. The number of hydrogen-bond acceptors (Lipinski definition) is 4. The Hall–Kier alpha value is 0.519. The van der Waals surface area contributed by atoms with Gasteiger partial charge in [-0.15, -0.1) is 0 Å². The van der Waals surface area contributed by atoms with Crippen molar-refractivity contribution >= 4 is 16.5 Å². The fourth-order valence-corrected chi connectivity index (χ4v) is 0. The summed E-state index contributed by atoms with van der Waals surface area (Å²) in [7, 11) is -6.24. The molecule has 0 aliphatic carbocycles. The Balaban J connectivity index is -0.0000000300. The molecule has 61 valence electrons. The van der Waals surface area contributed by atoms with Crippen LogP contribution in [0.25, 0.3) is 0 Å². The van der Waals surface area contributed by atoms with Crippen LogP contribution in [0.3, 0.4) is 0 Å². The van der Waals surface area contributed by atoms with E-state index in [0.29, 0.717) is 0 Å². The van der Waals surface area contributed by atoms with Crippen LogP contribution in [-0.4, -0.2) is 15.3 Å². The van der Waals surface area contributed by atoms with Gasteiger partial charge < -0.3 is 15.3 Å². The minimum Gasteiger partial charge on any atom is -0.567 e. The summed E-state index contributed by atoms with van der Waals surface area (Å²) in [6.45, 7) is 0. The van der Waals surface area contributed by atoms with Gasteiger partial charge in [0.15, 0.2) is 0 Å². The molecule has 0 aromatic heterocycles. The van der Waals surface area contributed by atoms with Crippen LogP contribution in [0.2, 0.25) is 0 Å². The number of rotatable bonds is 0. The van der Waals surface area contributed by atoms with Gasteiger partial charge in [-0.1, -0.05) is 0 Å². The average Bonchev–Trinajstić information content (AvgIpc) is 1.25. The predicted octanol–water partition coefficient (Wildman–Crippen LogP) is -2.83. The van der Waals surface area contributed by atoms with Crippen LogP contribution in [0, 0.1) is 0 Å². The molecule has 10 heavy (non-hydrogen) atoms. The second-order valence-electron chi connectivity index (χ2n) is 0.476. The van der Waals surface area contributed by atoms with E-state index in [2.05, 4.69) is 0 Å². The Kier molecular flexibility index (Phi) is 36.5. The first kappa shape index (κ1) is 22.4. The summed E-state index contributed by atoms with van der Waals surface area (Å²) in [6, 6.07) is 0. The molecule has 0 saturated carbocycles. The third kappa shape index (κ3) is 1790. The topological polar surface area (TPSA) is 152 Å². The summed E-state index contributed by atoms with van der Waals surface area (Å²) in [5, 5.41) is 0. The van der Waals surface area contributed by atoms with E-state index in [-0.39, 0.29) is 22.5 Å². The maximum atomic E-state index is 8.59. The molecule has 10 heteroatoms. The minimum atomic E-state index is -3.12. The fourth-order valence-electron chi connectivity index (χ4n) is 0. The molecule has 7 nitrogen and oxygen atoms in total. The number of hydrogen-bond donors (Lipinski definition) is 2. The van der Waals surface area contributed by atoms with Gasteiger partial charge >= 0.3 is 33.6 Å². The van der Waals surface area contributed by atoms with Crippen LogP contribution in [-0.2, 0) is 26.2 Å². The van der Waals surface area contributed by atoms with E-state index in [9.17, 15) is 0 Å². The summed E-state index contributed by atoms with van der Waals surface area (Å²) in [6.07, 6.45) is 0. The van der Waals surface area contributed by atoms with Crippen molar-refractivity contribution in [3.63, 3.8) is 0 Å². The molecular weight excluding hydrogens is 229 g/mol. The van der Waals surface area contributed by atoms with Crippen LogP contribution >= 0.6 is 16.5 Å². The zero-order valence-electron chi connectivity index (χ0n) is 4.30. The summed E-state index contributed by atoms with van der Waals surface area (Å²) in [4.78, 5) is 31.2. The molecule has 0 aliphatic heterocycles. The zero-order valence-corrected chi connectivity index (χ0v) is 7.27. The van der Waals surface area contributed by atoms with Gasteiger partial charge in [0.25, 0.3) is 0 Å². The van der Waals surface area contributed by atoms with Gasteiger partial charge in [-0.05, 0) is 9.13 Å². The van der Waals surface area contributed by atoms with Crippen LogP contribution in [0.1, 0.15) is 0 Å². The summed E-state index contributed by atoms with van der Waals surface area (Å²) >= 11 is 0. The Morgan fingerprint density at radius 1 is 1.00 bits per heavy atom. The SMILES string of the molecule is O.O=[P+]([O-])O.O=[P+]([O-])O.[Mn+2]. The largest absolute Gasteiger partial charge is 2.00 e. The van der Waals surface area contributed by atoms with E-state index in [1.807, 2.05) is 0 Å².